The number of carboxylic acid groups (broad SMARTS) is 1. The van der Waals surface area contributed by atoms with Crippen molar-refractivity contribution in [2.24, 2.45) is 0 Å². The lowest BCUT2D eigenvalue weighted by Crippen LogP contribution is -2.53. The van der Waals surface area contributed by atoms with Gasteiger partial charge in [0.05, 0.1) is 11.1 Å². The Labute approximate surface area is 138 Å². The van der Waals surface area contributed by atoms with E-state index in [9.17, 15) is 29.6 Å². The van der Waals surface area contributed by atoms with E-state index >= 15 is 0 Å². The molecule has 0 radical (unpaired) electrons. The smallest absolute Gasteiger partial charge is 0.326 e. The SMILES string of the molecule is CCCCC(NC(=O)C(C)(C)n1cc([N+](=O)[O-])ccc1=O)C(=O)O. The molecule has 0 fully saturated rings. The molecule has 0 bridgehead atoms. The minimum atomic E-state index is -1.48. The molecule has 0 aliphatic heterocycles. The highest BCUT2D eigenvalue weighted by Crippen LogP contribution is 2.17. The summed E-state index contributed by atoms with van der Waals surface area (Å²) in [5, 5.41) is 22.4. The highest BCUT2D eigenvalue weighted by molar-refractivity contribution is 5.88. The Balaban J connectivity index is 3.12. The number of hydrogen-bond donors (Lipinski definition) is 2. The maximum absolute atomic E-state index is 12.5. The second-order valence-corrected chi connectivity index (χ2v) is 5.92. The quantitative estimate of drug-likeness (QED) is 0.541. The third kappa shape index (κ3) is 4.40. The molecule has 0 aliphatic rings. The minimum absolute atomic E-state index is 0.261. The predicted molar refractivity (Wildman–Crippen MR) is 85.8 cm³/mol. The highest BCUT2D eigenvalue weighted by Gasteiger charge is 2.34. The fourth-order valence-electron chi connectivity index (χ4n) is 2.13. The van der Waals surface area contributed by atoms with E-state index in [1.165, 1.54) is 13.8 Å². The van der Waals surface area contributed by atoms with Crippen molar-refractivity contribution in [1.82, 2.24) is 9.88 Å². The van der Waals surface area contributed by atoms with E-state index in [1.807, 2.05) is 6.92 Å². The summed E-state index contributed by atoms with van der Waals surface area (Å²) in [5.74, 6) is -1.87. The first-order valence-corrected chi connectivity index (χ1v) is 7.52. The predicted octanol–water partition coefficient (Wildman–Crippen LogP) is 1.25. The van der Waals surface area contributed by atoms with E-state index in [0.717, 1.165) is 29.3 Å². The van der Waals surface area contributed by atoms with Gasteiger partial charge in [-0.15, -0.1) is 0 Å². The number of pyridine rings is 1. The summed E-state index contributed by atoms with van der Waals surface area (Å²) >= 11 is 0. The van der Waals surface area contributed by atoms with Gasteiger partial charge in [0, 0.05) is 12.1 Å². The van der Waals surface area contributed by atoms with Crippen LogP contribution in [0.1, 0.15) is 40.0 Å². The molecule has 0 aromatic carbocycles. The van der Waals surface area contributed by atoms with Crippen molar-refractivity contribution in [2.45, 2.75) is 51.6 Å². The van der Waals surface area contributed by atoms with E-state index in [4.69, 9.17) is 0 Å². The molecule has 1 aromatic heterocycles. The van der Waals surface area contributed by atoms with Crippen LogP contribution in [0, 0.1) is 10.1 Å². The topological polar surface area (TPSA) is 132 Å². The summed E-state index contributed by atoms with van der Waals surface area (Å²) in [5.41, 5.74) is -2.42. The second kappa shape index (κ2) is 7.71. The maximum Gasteiger partial charge on any atom is 0.326 e. The van der Waals surface area contributed by atoms with E-state index in [1.54, 1.807) is 0 Å². The van der Waals surface area contributed by atoms with Gasteiger partial charge in [-0.25, -0.2) is 4.79 Å². The van der Waals surface area contributed by atoms with E-state index in [0.29, 0.717) is 6.42 Å². The molecule has 1 atom stereocenters. The first-order valence-electron chi connectivity index (χ1n) is 7.52. The molecule has 1 rings (SSSR count). The lowest BCUT2D eigenvalue weighted by molar-refractivity contribution is -0.385. The van der Waals surface area contributed by atoms with Gasteiger partial charge in [0.15, 0.2) is 0 Å². The lowest BCUT2D eigenvalue weighted by Gasteiger charge is -2.27. The van der Waals surface area contributed by atoms with Crippen LogP contribution in [0.15, 0.2) is 23.1 Å². The second-order valence-electron chi connectivity index (χ2n) is 5.92. The number of carbonyl (C=O) groups is 2. The number of aliphatic carboxylic acids is 1. The molecular formula is C15H21N3O6. The fourth-order valence-corrected chi connectivity index (χ4v) is 2.13. The zero-order valence-electron chi connectivity index (χ0n) is 13.8. The largest absolute Gasteiger partial charge is 0.480 e. The molecular weight excluding hydrogens is 318 g/mol. The number of hydrogen-bond acceptors (Lipinski definition) is 5. The Morgan fingerprint density at radius 2 is 2.04 bits per heavy atom. The molecule has 1 heterocycles. The summed E-state index contributed by atoms with van der Waals surface area (Å²) in [4.78, 5) is 45.9. The van der Waals surface area contributed by atoms with Crippen LogP contribution in [0.4, 0.5) is 5.69 Å². The first kappa shape index (κ1) is 19.3. The summed E-state index contributed by atoms with van der Waals surface area (Å²) in [6.45, 7) is 4.69. The van der Waals surface area contributed by atoms with Gasteiger partial charge < -0.3 is 10.4 Å². The summed E-state index contributed by atoms with van der Waals surface area (Å²) in [6.07, 6.45) is 2.63. The van der Waals surface area contributed by atoms with E-state index < -0.39 is 33.9 Å². The van der Waals surface area contributed by atoms with Gasteiger partial charge in [-0.1, -0.05) is 19.8 Å². The van der Waals surface area contributed by atoms with Crippen LogP contribution in [-0.4, -0.2) is 32.5 Å². The number of nitrogens with one attached hydrogen (secondary N) is 1. The fraction of sp³-hybridized carbons (Fsp3) is 0.533. The zero-order valence-corrected chi connectivity index (χ0v) is 13.8. The molecule has 0 spiro atoms. The number of nitrogens with zero attached hydrogens (tertiary/aromatic N) is 2. The van der Waals surface area contributed by atoms with Crippen LogP contribution in [0.3, 0.4) is 0 Å². The van der Waals surface area contributed by atoms with E-state index in [2.05, 4.69) is 5.32 Å². The van der Waals surface area contributed by atoms with Crippen molar-refractivity contribution >= 4 is 17.6 Å². The Morgan fingerprint density at radius 3 is 2.54 bits per heavy atom. The lowest BCUT2D eigenvalue weighted by atomic mass is 10.0. The van der Waals surface area contributed by atoms with Crippen LogP contribution in [0.5, 0.6) is 0 Å². The number of unbranched alkanes of at least 4 members (excludes halogenated alkanes) is 1. The molecule has 132 valence electrons. The number of amides is 1. The van der Waals surface area contributed by atoms with Crippen molar-refractivity contribution in [3.05, 3.63) is 38.8 Å². The van der Waals surface area contributed by atoms with Gasteiger partial charge in [-0.3, -0.25) is 24.3 Å². The van der Waals surface area contributed by atoms with Crippen molar-refractivity contribution in [1.29, 1.82) is 0 Å². The number of carboxylic acids is 1. The maximum atomic E-state index is 12.5. The third-order valence-corrected chi connectivity index (χ3v) is 3.71. The Bertz CT molecular complexity index is 695. The van der Waals surface area contributed by atoms with Crippen LogP contribution < -0.4 is 10.9 Å². The molecule has 9 nitrogen and oxygen atoms in total. The zero-order chi connectivity index (χ0) is 18.5. The summed E-state index contributed by atoms with van der Waals surface area (Å²) < 4.78 is 0.930. The Hall–Kier alpha value is -2.71. The van der Waals surface area contributed by atoms with Crippen LogP contribution in [0.2, 0.25) is 0 Å². The van der Waals surface area contributed by atoms with Gasteiger partial charge in [0.2, 0.25) is 5.91 Å². The minimum Gasteiger partial charge on any atom is -0.480 e. The summed E-state index contributed by atoms with van der Waals surface area (Å²) in [7, 11) is 0. The highest BCUT2D eigenvalue weighted by atomic mass is 16.6. The van der Waals surface area contributed by atoms with Crippen molar-refractivity contribution in [3.63, 3.8) is 0 Å². The molecule has 1 unspecified atom stereocenters. The standard InChI is InChI=1S/C15H21N3O6/c1-4-5-6-11(13(20)21)16-14(22)15(2,3)17-9-10(18(23)24)7-8-12(17)19/h7-9,11H,4-6H2,1-3H3,(H,16,22)(H,20,21). The molecule has 0 aliphatic carbocycles. The van der Waals surface area contributed by atoms with Gasteiger partial charge in [0.1, 0.15) is 11.6 Å². The average molecular weight is 339 g/mol. The molecule has 1 aromatic rings. The van der Waals surface area contributed by atoms with E-state index in [-0.39, 0.29) is 12.1 Å². The van der Waals surface area contributed by atoms with Crippen LogP contribution >= 0.6 is 0 Å². The number of aromatic nitrogens is 1. The third-order valence-electron chi connectivity index (χ3n) is 3.71. The normalized spacial score (nSPS) is 12.5. The van der Waals surface area contributed by atoms with Crippen molar-refractivity contribution < 1.29 is 19.6 Å². The molecule has 1 amide bonds. The number of rotatable bonds is 8. The number of nitro groups is 1. The molecule has 24 heavy (non-hydrogen) atoms. The van der Waals surface area contributed by atoms with Crippen LogP contribution in [-0.2, 0) is 15.1 Å². The molecule has 0 saturated heterocycles. The Kier molecular flexibility index (Phi) is 6.21. The van der Waals surface area contributed by atoms with Crippen molar-refractivity contribution in [2.75, 3.05) is 0 Å². The van der Waals surface area contributed by atoms with Crippen LogP contribution in [0.25, 0.3) is 0 Å². The summed E-state index contributed by atoms with van der Waals surface area (Å²) in [6, 6.07) is 0.971. The Morgan fingerprint density at radius 1 is 1.42 bits per heavy atom. The number of carbonyl (C=O) groups excluding carboxylic acids is 1. The van der Waals surface area contributed by atoms with Gasteiger partial charge in [-0.2, -0.15) is 0 Å². The molecule has 9 heteroatoms. The van der Waals surface area contributed by atoms with Gasteiger partial charge in [-0.05, 0) is 20.3 Å². The monoisotopic (exact) mass is 339 g/mol. The average Bonchev–Trinajstić information content (AvgIpc) is 2.50. The van der Waals surface area contributed by atoms with Gasteiger partial charge in [0.25, 0.3) is 11.2 Å². The van der Waals surface area contributed by atoms with Crippen molar-refractivity contribution in [3.8, 4) is 0 Å². The molecule has 0 saturated carbocycles. The van der Waals surface area contributed by atoms with Gasteiger partial charge >= 0.3 is 5.97 Å². The first-order chi connectivity index (χ1) is 11.1. The molecule has 2 N–H and O–H groups in total.